The Morgan fingerprint density at radius 1 is 1.13 bits per heavy atom. The zero-order chi connectivity index (χ0) is 21.3. The summed E-state index contributed by atoms with van der Waals surface area (Å²) in [5, 5.41) is 24.6. The Morgan fingerprint density at radius 3 is 2.57 bits per heavy atom. The maximum Gasteiger partial charge on any atom is 0.396 e. The van der Waals surface area contributed by atoms with Crippen molar-refractivity contribution in [1.29, 1.82) is 0 Å². The van der Waals surface area contributed by atoms with E-state index >= 15 is 0 Å². The molecule has 2 aromatic heterocycles. The van der Waals surface area contributed by atoms with Gasteiger partial charge in [0.25, 0.3) is 0 Å². The van der Waals surface area contributed by atoms with E-state index in [0.29, 0.717) is 11.1 Å². The smallest absolute Gasteiger partial charge is 0.396 e. The molecular weight excluding hydrogens is 397 g/mol. The number of hydrogen-bond donors (Lipinski definition) is 2. The monoisotopic (exact) mass is 414 g/mol. The molecule has 0 saturated carbocycles. The summed E-state index contributed by atoms with van der Waals surface area (Å²) >= 11 is 0. The van der Waals surface area contributed by atoms with E-state index in [9.17, 15) is 23.4 Å². The molecule has 0 aliphatic heterocycles. The first-order valence-electron chi connectivity index (χ1n) is 9.17. The minimum absolute atomic E-state index is 0.0223. The summed E-state index contributed by atoms with van der Waals surface area (Å²) in [6.45, 7) is 0. The highest BCUT2D eigenvalue weighted by atomic mass is 19.4. The number of allylic oxidation sites excluding steroid dienone is 4. The van der Waals surface area contributed by atoms with Crippen LogP contribution < -0.4 is 0 Å². The molecular formula is C22H17F3N2O3. The minimum Gasteiger partial charge on any atom is -0.508 e. The predicted molar refractivity (Wildman–Crippen MR) is 103 cm³/mol. The molecule has 0 bridgehead atoms. The van der Waals surface area contributed by atoms with Crippen LogP contribution in [0.25, 0.3) is 16.8 Å². The highest BCUT2D eigenvalue weighted by Gasteiger charge is 2.44. The van der Waals surface area contributed by atoms with Gasteiger partial charge in [0, 0.05) is 29.1 Å². The molecule has 2 heterocycles. The van der Waals surface area contributed by atoms with E-state index in [1.807, 2.05) is 0 Å². The van der Waals surface area contributed by atoms with Crippen molar-refractivity contribution in [2.75, 3.05) is 0 Å². The maximum atomic E-state index is 13.7. The number of pyridine rings is 1. The molecule has 0 fully saturated rings. The van der Waals surface area contributed by atoms with Crippen molar-refractivity contribution in [2.45, 2.75) is 18.7 Å². The molecule has 3 aromatic rings. The van der Waals surface area contributed by atoms with Gasteiger partial charge in [-0.2, -0.15) is 13.2 Å². The first-order chi connectivity index (χ1) is 14.4. The van der Waals surface area contributed by atoms with Crippen molar-refractivity contribution in [3.63, 3.8) is 0 Å². The Bertz CT molecular complexity index is 1090. The van der Waals surface area contributed by atoms with Gasteiger partial charge in [0.2, 0.25) is 0 Å². The lowest BCUT2D eigenvalue weighted by Gasteiger charge is -2.24. The van der Waals surface area contributed by atoms with Crippen molar-refractivity contribution >= 4 is 5.57 Å². The summed E-state index contributed by atoms with van der Waals surface area (Å²) in [5.41, 5.74) is 1.08. The van der Waals surface area contributed by atoms with Crippen LogP contribution in [0.15, 0.2) is 71.5 Å². The number of nitrogens with zero attached hydrogens (tertiary/aromatic N) is 2. The number of rotatable bonds is 4. The van der Waals surface area contributed by atoms with Crippen molar-refractivity contribution in [2.24, 2.45) is 5.92 Å². The molecule has 30 heavy (non-hydrogen) atoms. The van der Waals surface area contributed by atoms with Crippen LogP contribution >= 0.6 is 0 Å². The van der Waals surface area contributed by atoms with E-state index < -0.39 is 18.2 Å². The number of phenols is 1. The molecule has 4 rings (SSSR count). The van der Waals surface area contributed by atoms with Crippen molar-refractivity contribution in [3.05, 3.63) is 83.9 Å². The van der Waals surface area contributed by atoms with Crippen LogP contribution in [-0.4, -0.2) is 26.5 Å². The van der Waals surface area contributed by atoms with Gasteiger partial charge in [-0.25, -0.2) is 0 Å². The van der Waals surface area contributed by atoms with Gasteiger partial charge in [0.1, 0.15) is 17.5 Å². The normalized spacial score (nSPS) is 17.6. The zero-order valence-corrected chi connectivity index (χ0v) is 15.5. The number of aliphatic hydroxyl groups is 1. The van der Waals surface area contributed by atoms with Crippen LogP contribution in [0, 0.1) is 5.92 Å². The van der Waals surface area contributed by atoms with Crippen LogP contribution in [0.2, 0.25) is 0 Å². The van der Waals surface area contributed by atoms with E-state index in [2.05, 4.69) is 10.1 Å². The fourth-order valence-electron chi connectivity index (χ4n) is 3.46. The molecule has 5 nitrogen and oxygen atoms in total. The Morgan fingerprint density at radius 2 is 1.90 bits per heavy atom. The molecule has 0 spiro atoms. The lowest BCUT2D eigenvalue weighted by atomic mass is 9.85. The molecule has 154 valence electrons. The predicted octanol–water partition coefficient (Wildman–Crippen LogP) is 5.05. The second-order valence-corrected chi connectivity index (χ2v) is 6.89. The van der Waals surface area contributed by atoms with Crippen molar-refractivity contribution in [3.8, 4) is 17.0 Å². The molecule has 0 radical (unpaired) electrons. The maximum absolute atomic E-state index is 13.7. The molecule has 0 amide bonds. The number of benzene rings is 1. The molecule has 2 atom stereocenters. The SMILES string of the molecule is Oc1ccc(-c2noc(C3=CC=CCC3C(F)(F)F)c2C(O)c2cccnc2)cc1. The zero-order valence-electron chi connectivity index (χ0n) is 15.5. The lowest BCUT2D eigenvalue weighted by molar-refractivity contribution is -0.157. The average molecular weight is 414 g/mol. The molecule has 8 heteroatoms. The van der Waals surface area contributed by atoms with Gasteiger partial charge in [-0.15, -0.1) is 0 Å². The van der Waals surface area contributed by atoms with Crippen LogP contribution in [-0.2, 0) is 0 Å². The number of aliphatic hydroxyl groups excluding tert-OH is 1. The molecule has 1 aliphatic rings. The van der Waals surface area contributed by atoms with Gasteiger partial charge < -0.3 is 14.7 Å². The van der Waals surface area contributed by atoms with Crippen molar-refractivity contribution in [1.82, 2.24) is 10.1 Å². The van der Waals surface area contributed by atoms with Crippen LogP contribution in [0.1, 0.15) is 29.4 Å². The summed E-state index contributed by atoms with van der Waals surface area (Å²) in [5.74, 6) is -1.88. The number of phenolic OH excluding ortho intramolecular Hbond substituents is 1. The van der Waals surface area contributed by atoms with E-state index in [0.717, 1.165) is 0 Å². The lowest BCUT2D eigenvalue weighted by Crippen LogP contribution is -2.25. The Labute approximate surface area is 169 Å². The second-order valence-electron chi connectivity index (χ2n) is 6.89. The van der Waals surface area contributed by atoms with Crippen LogP contribution in [0.5, 0.6) is 5.75 Å². The molecule has 1 aromatic carbocycles. The molecule has 1 aliphatic carbocycles. The Hall–Kier alpha value is -3.39. The second kappa shape index (κ2) is 7.79. The van der Waals surface area contributed by atoms with E-state index in [-0.39, 0.29) is 34.8 Å². The van der Waals surface area contributed by atoms with E-state index in [1.54, 1.807) is 24.3 Å². The molecule has 2 unspecified atom stereocenters. The topological polar surface area (TPSA) is 79.4 Å². The molecule has 2 N–H and O–H groups in total. The van der Waals surface area contributed by atoms with Crippen molar-refractivity contribution < 1.29 is 27.9 Å². The van der Waals surface area contributed by atoms with Gasteiger partial charge >= 0.3 is 6.18 Å². The number of alkyl halides is 3. The highest BCUT2D eigenvalue weighted by molar-refractivity contribution is 5.76. The van der Waals surface area contributed by atoms with Crippen LogP contribution in [0.3, 0.4) is 0 Å². The average Bonchev–Trinajstić information content (AvgIpc) is 3.18. The van der Waals surface area contributed by atoms with E-state index in [4.69, 9.17) is 4.52 Å². The van der Waals surface area contributed by atoms with Gasteiger partial charge in [0.15, 0.2) is 5.76 Å². The van der Waals surface area contributed by atoms with E-state index in [1.165, 1.54) is 42.8 Å². The van der Waals surface area contributed by atoms with Gasteiger partial charge in [-0.1, -0.05) is 29.5 Å². The summed E-state index contributed by atoms with van der Waals surface area (Å²) in [6, 6.07) is 9.17. The number of aromatic nitrogens is 2. The fourth-order valence-corrected chi connectivity index (χ4v) is 3.46. The summed E-state index contributed by atoms with van der Waals surface area (Å²) in [6.07, 6.45) is 1.23. The fraction of sp³-hybridized carbons (Fsp3) is 0.182. The van der Waals surface area contributed by atoms with Gasteiger partial charge in [0.05, 0.1) is 11.5 Å². The number of aromatic hydroxyl groups is 1. The highest BCUT2D eigenvalue weighted by Crippen LogP contribution is 2.45. The first-order valence-corrected chi connectivity index (χ1v) is 9.17. The first kappa shape index (κ1) is 19.9. The largest absolute Gasteiger partial charge is 0.508 e. The third-order valence-corrected chi connectivity index (χ3v) is 4.96. The Kier molecular flexibility index (Phi) is 5.17. The third kappa shape index (κ3) is 3.73. The Balaban J connectivity index is 1.90. The van der Waals surface area contributed by atoms with Gasteiger partial charge in [-0.3, -0.25) is 4.98 Å². The summed E-state index contributed by atoms with van der Waals surface area (Å²) in [7, 11) is 0. The van der Waals surface area contributed by atoms with Gasteiger partial charge in [-0.05, 0) is 36.8 Å². The number of hydrogen-bond acceptors (Lipinski definition) is 5. The standard InChI is InChI=1S/C22H17F3N2O3/c23-22(24,25)17-6-2-1-5-16(17)21-18(20(29)14-4-3-11-26-12-14)19(27-30-21)13-7-9-15(28)10-8-13/h1-5,7-12,17,20,28-29H,6H2. The third-order valence-electron chi connectivity index (χ3n) is 4.96. The number of halogens is 3. The summed E-state index contributed by atoms with van der Waals surface area (Å²) in [4.78, 5) is 3.98. The molecule has 0 saturated heterocycles. The summed E-state index contributed by atoms with van der Waals surface area (Å²) < 4.78 is 46.4. The minimum atomic E-state index is -4.49. The van der Waals surface area contributed by atoms with Crippen LogP contribution in [0.4, 0.5) is 13.2 Å². The quantitative estimate of drug-likeness (QED) is 0.625.